The highest BCUT2D eigenvalue weighted by Gasteiger charge is 2.38. The Labute approximate surface area is 154 Å². The first-order valence-electron chi connectivity index (χ1n) is 7.83. The second-order valence-electron chi connectivity index (χ2n) is 6.68. The average Bonchev–Trinajstić information content (AvgIpc) is 2.58. The van der Waals surface area contributed by atoms with Crippen LogP contribution in [0.4, 0.5) is 23.7 Å². The number of carbonyl (C=O) groups is 1. The highest BCUT2D eigenvalue weighted by Crippen LogP contribution is 2.37. The molecule has 27 heavy (non-hydrogen) atoms. The maximum Gasteiger partial charge on any atom is 0.435 e. The number of halogens is 3. The number of hydrogen-bond donors (Lipinski definition) is 0. The van der Waals surface area contributed by atoms with Crippen LogP contribution in [0.25, 0.3) is 11.3 Å². The Bertz CT molecular complexity index is 899. The van der Waals surface area contributed by atoms with E-state index in [0.29, 0.717) is 0 Å². The van der Waals surface area contributed by atoms with Crippen molar-refractivity contribution in [2.75, 3.05) is 11.9 Å². The Kier molecular flexibility index (Phi) is 5.40. The second-order valence-corrected chi connectivity index (χ2v) is 6.68. The van der Waals surface area contributed by atoms with Crippen LogP contribution in [0.3, 0.4) is 0 Å². The molecule has 0 N–H and O–H groups in total. The van der Waals surface area contributed by atoms with Gasteiger partial charge in [0.1, 0.15) is 11.7 Å². The van der Waals surface area contributed by atoms with Gasteiger partial charge < -0.3 is 4.74 Å². The smallest absolute Gasteiger partial charge is 0.435 e. The highest BCUT2D eigenvalue weighted by atomic mass is 19.4. The summed E-state index contributed by atoms with van der Waals surface area (Å²) in [7, 11) is 1.18. The third kappa shape index (κ3) is 4.94. The molecule has 0 saturated heterocycles. The van der Waals surface area contributed by atoms with Crippen molar-refractivity contribution >= 4 is 11.8 Å². The molecular formula is C18H17F3N4O2. The van der Waals surface area contributed by atoms with E-state index in [4.69, 9.17) is 10.00 Å². The van der Waals surface area contributed by atoms with E-state index in [2.05, 4.69) is 9.97 Å². The van der Waals surface area contributed by atoms with Crippen molar-refractivity contribution in [1.82, 2.24) is 9.97 Å². The van der Waals surface area contributed by atoms with Gasteiger partial charge in [0.15, 0.2) is 5.69 Å². The van der Waals surface area contributed by atoms with Gasteiger partial charge in [-0.1, -0.05) is 0 Å². The molecule has 0 aliphatic carbocycles. The lowest BCUT2D eigenvalue weighted by Gasteiger charge is -2.26. The molecule has 9 heteroatoms. The summed E-state index contributed by atoms with van der Waals surface area (Å²) in [5.74, 6) is 0. The maximum absolute atomic E-state index is 13.5. The fourth-order valence-electron chi connectivity index (χ4n) is 2.16. The summed E-state index contributed by atoms with van der Waals surface area (Å²) in [5, 5.41) is 8.92. The number of nitrogens with zero attached hydrogens (tertiary/aromatic N) is 4. The van der Waals surface area contributed by atoms with Gasteiger partial charge >= 0.3 is 12.3 Å². The Morgan fingerprint density at radius 3 is 2.44 bits per heavy atom. The minimum atomic E-state index is -4.80. The van der Waals surface area contributed by atoms with Gasteiger partial charge in [-0.3, -0.25) is 9.88 Å². The van der Waals surface area contributed by atoms with E-state index in [1.54, 1.807) is 20.8 Å². The van der Waals surface area contributed by atoms with Crippen molar-refractivity contribution in [2.45, 2.75) is 32.5 Å². The predicted octanol–water partition coefficient (Wildman–Crippen LogP) is 4.41. The summed E-state index contributed by atoms with van der Waals surface area (Å²) < 4.78 is 45.7. The molecule has 1 amide bonds. The van der Waals surface area contributed by atoms with E-state index in [9.17, 15) is 18.0 Å². The van der Waals surface area contributed by atoms with Crippen LogP contribution in [0.2, 0.25) is 0 Å². The summed E-state index contributed by atoms with van der Waals surface area (Å²) in [6.07, 6.45) is -3.14. The van der Waals surface area contributed by atoms with Crippen LogP contribution in [0.5, 0.6) is 0 Å². The number of hydrogen-bond acceptors (Lipinski definition) is 5. The van der Waals surface area contributed by atoms with Crippen LogP contribution >= 0.6 is 0 Å². The van der Waals surface area contributed by atoms with Gasteiger partial charge in [-0.25, -0.2) is 9.78 Å². The number of carbonyl (C=O) groups excluding carboxylic acids is 1. The molecule has 2 aromatic rings. The van der Waals surface area contributed by atoms with Crippen LogP contribution in [0.15, 0.2) is 30.6 Å². The van der Waals surface area contributed by atoms with Crippen molar-refractivity contribution in [2.24, 2.45) is 0 Å². The molecule has 2 rings (SSSR count). The molecule has 2 aromatic heterocycles. The monoisotopic (exact) mass is 378 g/mol. The molecule has 0 aliphatic heterocycles. The quantitative estimate of drug-likeness (QED) is 0.774. The average molecular weight is 378 g/mol. The van der Waals surface area contributed by atoms with E-state index >= 15 is 0 Å². The molecule has 0 aromatic carbocycles. The molecule has 0 saturated carbocycles. The zero-order valence-corrected chi connectivity index (χ0v) is 15.1. The number of amides is 1. The Morgan fingerprint density at radius 2 is 1.89 bits per heavy atom. The number of alkyl halides is 3. The van der Waals surface area contributed by atoms with Gasteiger partial charge in [-0.15, -0.1) is 0 Å². The zero-order valence-electron chi connectivity index (χ0n) is 15.1. The maximum atomic E-state index is 13.5. The number of anilines is 1. The molecule has 0 fully saturated rings. The van der Waals surface area contributed by atoms with Crippen LogP contribution in [0.1, 0.15) is 32.0 Å². The lowest BCUT2D eigenvalue weighted by Crippen LogP contribution is -2.35. The third-order valence-electron chi connectivity index (χ3n) is 3.33. The largest absolute Gasteiger partial charge is 0.443 e. The third-order valence-corrected chi connectivity index (χ3v) is 3.33. The fraction of sp³-hybridized carbons (Fsp3) is 0.333. The van der Waals surface area contributed by atoms with Crippen molar-refractivity contribution < 1.29 is 22.7 Å². The van der Waals surface area contributed by atoms with E-state index in [-0.39, 0.29) is 16.8 Å². The van der Waals surface area contributed by atoms with Crippen LogP contribution in [-0.2, 0) is 10.9 Å². The number of ether oxygens (including phenoxy) is 1. The number of rotatable bonds is 2. The van der Waals surface area contributed by atoms with Gasteiger partial charge in [-0.05, 0) is 39.0 Å². The van der Waals surface area contributed by atoms with E-state index in [1.807, 2.05) is 6.07 Å². The molecule has 0 atom stereocenters. The molecular weight excluding hydrogens is 361 g/mol. The molecule has 0 bridgehead atoms. The topological polar surface area (TPSA) is 79.1 Å². The standard InChI is InChI=1S/C18H17F3N4O2/c1-17(2,3)27-16(26)25(4)14-6-5-13(24-15(14)18(19,20)21)12-7-11(8-22)9-23-10-12/h5-7,9-10H,1-4H3. The number of aromatic nitrogens is 2. The van der Waals surface area contributed by atoms with E-state index < -0.39 is 29.3 Å². The van der Waals surface area contributed by atoms with E-state index in [1.165, 1.54) is 31.6 Å². The second kappa shape index (κ2) is 7.23. The van der Waals surface area contributed by atoms with Crippen LogP contribution in [-0.4, -0.2) is 28.7 Å². The minimum absolute atomic E-state index is 0.0201. The SMILES string of the molecule is CN(C(=O)OC(C)(C)C)c1ccc(-c2cncc(C#N)c2)nc1C(F)(F)F. The Hall–Kier alpha value is -3.15. The molecule has 6 nitrogen and oxygen atoms in total. The highest BCUT2D eigenvalue weighted by molar-refractivity contribution is 5.88. The first-order chi connectivity index (χ1) is 12.4. The number of nitriles is 1. The molecule has 0 unspecified atom stereocenters. The minimum Gasteiger partial charge on any atom is -0.443 e. The summed E-state index contributed by atoms with van der Waals surface area (Å²) in [6, 6.07) is 5.70. The van der Waals surface area contributed by atoms with Gasteiger partial charge in [0.2, 0.25) is 0 Å². The van der Waals surface area contributed by atoms with Crippen molar-refractivity contribution in [1.29, 1.82) is 5.26 Å². The van der Waals surface area contributed by atoms with Gasteiger partial charge in [0, 0.05) is 25.0 Å². The molecule has 0 spiro atoms. The predicted molar refractivity (Wildman–Crippen MR) is 91.8 cm³/mol. The fourth-order valence-corrected chi connectivity index (χ4v) is 2.16. The molecule has 142 valence electrons. The van der Waals surface area contributed by atoms with Crippen molar-refractivity contribution in [3.63, 3.8) is 0 Å². The lowest BCUT2D eigenvalue weighted by atomic mass is 10.1. The van der Waals surface area contributed by atoms with Gasteiger partial charge in [0.25, 0.3) is 0 Å². The van der Waals surface area contributed by atoms with Crippen LogP contribution < -0.4 is 4.90 Å². The zero-order chi connectivity index (χ0) is 20.4. The molecule has 2 heterocycles. The summed E-state index contributed by atoms with van der Waals surface area (Å²) in [4.78, 5) is 20.4. The first kappa shape index (κ1) is 20.2. The van der Waals surface area contributed by atoms with Gasteiger partial charge in [-0.2, -0.15) is 18.4 Å². The van der Waals surface area contributed by atoms with Crippen LogP contribution in [0, 0.1) is 11.3 Å². The van der Waals surface area contributed by atoms with Crippen molar-refractivity contribution in [3.8, 4) is 17.3 Å². The Morgan fingerprint density at radius 1 is 1.22 bits per heavy atom. The van der Waals surface area contributed by atoms with E-state index in [0.717, 1.165) is 11.0 Å². The number of pyridine rings is 2. The molecule has 0 aliphatic rings. The summed E-state index contributed by atoms with van der Waals surface area (Å²) >= 11 is 0. The molecule has 0 radical (unpaired) electrons. The summed E-state index contributed by atoms with van der Waals surface area (Å²) in [5.41, 5.74) is -2.11. The Balaban J connectivity index is 2.51. The normalized spacial score (nSPS) is 11.6. The van der Waals surface area contributed by atoms with Gasteiger partial charge in [0.05, 0.1) is 16.9 Å². The van der Waals surface area contributed by atoms with Crippen molar-refractivity contribution in [3.05, 3.63) is 41.9 Å². The first-order valence-corrected chi connectivity index (χ1v) is 7.83. The lowest BCUT2D eigenvalue weighted by molar-refractivity contribution is -0.140. The summed E-state index contributed by atoms with van der Waals surface area (Å²) in [6.45, 7) is 4.83.